The molecule has 3 amide bonds. The summed E-state index contributed by atoms with van der Waals surface area (Å²) in [4.78, 5) is 52.6. The van der Waals surface area contributed by atoms with E-state index < -0.39 is 41.9 Å². The third kappa shape index (κ3) is 4.18. The van der Waals surface area contributed by atoms with E-state index in [1.807, 2.05) is 18.2 Å². The molecule has 0 radical (unpaired) electrons. The van der Waals surface area contributed by atoms with Crippen LogP contribution in [0.2, 0.25) is 0 Å². The summed E-state index contributed by atoms with van der Waals surface area (Å²) in [7, 11) is 0. The number of halogens is 1. The number of esters is 1. The Morgan fingerprint density at radius 2 is 1.75 bits per heavy atom. The number of ether oxygens (including phenoxy) is 1. The Bertz CT molecular complexity index is 1040. The Hall–Kier alpha value is -3.75. The van der Waals surface area contributed by atoms with Crippen molar-refractivity contribution in [3.63, 3.8) is 0 Å². The monoisotopic (exact) mass is 439 g/mol. The maximum atomic E-state index is 13.0. The number of nitrogens with one attached hydrogen (secondary N) is 1. The standard InChI is InChI=1S/C23H22FN3O5/c1-14(28)26-12-18-20(25-19(29)11-15-7-9-17(24)10-8-15)22(30)27(18)21(26)23(31)32-13-16-5-3-2-4-6-16/h2-10,18,20-21H,11-13H2,1H3,(H,25,29). The van der Waals surface area contributed by atoms with Gasteiger partial charge in [-0.1, -0.05) is 42.5 Å². The number of hydrogen-bond acceptors (Lipinski definition) is 5. The van der Waals surface area contributed by atoms with Crippen LogP contribution in [0.5, 0.6) is 0 Å². The molecule has 1 N–H and O–H groups in total. The van der Waals surface area contributed by atoms with Crippen molar-refractivity contribution in [2.45, 2.75) is 38.2 Å². The van der Waals surface area contributed by atoms with Crippen LogP contribution < -0.4 is 5.32 Å². The van der Waals surface area contributed by atoms with Crippen molar-refractivity contribution >= 4 is 23.7 Å². The minimum Gasteiger partial charge on any atom is -0.458 e. The van der Waals surface area contributed by atoms with Crippen molar-refractivity contribution in [1.29, 1.82) is 0 Å². The molecule has 0 spiro atoms. The Morgan fingerprint density at radius 1 is 1.06 bits per heavy atom. The first-order valence-corrected chi connectivity index (χ1v) is 10.2. The van der Waals surface area contributed by atoms with Crippen molar-refractivity contribution < 1.29 is 28.3 Å². The van der Waals surface area contributed by atoms with Gasteiger partial charge >= 0.3 is 5.97 Å². The molecule has 4 rings (SSSR count). The molecule has 0 bridgehead atoms. The maximum absolute atomic E-state index is 13.0. The first-order chi connectivity index (χ1) is 15.3. The molecule has 3 unspecified atom stereocenters. The molecule has 2 aliphatic heterocycles. The van der Waals surface area contributed by atoms with E-state index in [1.54, 1.807) is 12.1 Å². The van der Waals surface area contributed by atoms with E-state index in [0.717, 1.165) is 5.56 Å². The zero-order chi connectivity index (χ0) is 22.8. The summed E-state index contributed by atoms with van der Waals surface area (Å²) in [6.45, 7) is 1.45. The summed E-state index contributed by atoms with van der Waals surface area (Å²) in [6.07, 6.45) is -1.17. The Balaban J connectivity index is 1.40. The molecule has 3 atom stereocenters. The molecule has 0 aromatic heterocycles. The molecule has 8 nitrogen and oxygen atoms in total. The number of carbonyl (C=O) groups excluding carboxylic acids is 4. The van der Waals surface area contributed by atoms with Crippen LogP contribution in [0.3, 0.4) is 0 Å². The SMILES string of the molecule is CC(=O)N1CC2C(NC(=O)Cc3ccc(F)cc3)C(=O)N2C1C(=O)OCc1ccccc1. The summed E-state index contributed by atoms with van der Waals surface area (Å²) >= 11 is 0. The Morgan fingerprint density at radius 3 is 2.41 bits per heavy atom. The number of nitrogens with zero attached hydrogens (tertiary/aromatic N) is 2. The highest BCUT2D eigenvalue weighted by Gasteiger charge is 2.60. The lowest BCUT2D eigenvalue weighted by Gasteiger charge is -2.43. The molecular formula is C23H22FN3O5. The number of rotatable bonds is 6. The molecule has 2 aromatic carbocycles. The fourth-order valence-electron chi connectivity index (χ4n) is 4.03. The fraction of sp³-hybridized carbons (Fsp3) is 0.304. The molecule has 2 aromatic rings. The number of benzene rings is 2. The van der Waals surface area contributed by atoms with Gasteiger partial charge in [0, 0.05) is 13.5 Å². The largest absolute Gasteiger partial charge is 0.458 e. The van der Waals surface area contributed by atoms with Gasteiger partial charge in [0.05, 0.1) is 12.5 Å². The predicted octanol–water partition coefficient (Wildman–Crippen LogP) is 0.995. The lowest BCUT2D eigenvalue weighted by molar-refractivity contribution is -0.170. The molecule has 2 heterocycles. The summed E-state index contributed by atoms with van der Waals surface area (Å²) in [5.41, 5.74) is 1.39. The molecule has 0 saturated carbocycles. The molecule has 166 valence electrons. The maximum Gasteiger partial charge on any atom is 0.350 e. The van der Waals surface area contributed by atoms with Gasteiger partial charge in [-0.3, -0.25) is 14.4 Å². The molecule has 2 fully saturated rings. The second kappa shape index (κ2) is 8.78. The van der Waals surface area contributed by atoms with Gasteiger partial charge in [0.25, 0.3) is 0 Å². The van der Waals surface area contributed by atoms with Crippen LogP contribution in [0.25, 0.3) is 0 Å². The van der Waals surface area contributed by atoms with Gasteiger partial charge in [-0.2, -0.15) is 0 Å². The summed E-state index contributed by atoms with van der Waals surface area (Å²) in [5.74, 6) is -2.33. The molecule has 9 heteroatoms. The molecule has 2 saturated heterocycles. The van der Waals surface area contributed by atoms with Gasteiger partial charge in [0.1, 0.15) is 18.5 Å². The fourth-order valence-corrected chi connectivity index (χ4v) is 4.03. The van der Waals surface area contributed by atoms with E-state index >= 15 is 0 Å². The van der Waals surface area contributed by atoms with Crippen molar-refractivity contribution in [2.75, 3.05) is 6.54 Å². The number of hydrogen-bond donors (Lipinski definition) is 1. The van der Waals surface area contributed by atoms with Crippen LogP contribution in [0.15, 0.2) is 54.6 Å². The van der Waals surface area contributed by atoms with Crippen LogP contribution >= 0.6 is 0 Å². The van der Waals surface area contributed by atoms with E-state index in [9.17, 15) is 23.6 Å². The molecule has 32 heavy (non-hydrogen) atoms. The van der Waals surface area contributed by atoms with E-state index in [1.165, 1.54) is 41.0 Å². The summed E-state index contributed by atoms with van der Waals surface area (Å²) in [6, 6.07) is 13.2. The van der Waals surface area contributed by atoms with E-state index in [2.05, 4.69) is 5.32 Å². The number of fused-ring (bicyclic) bond motifs is 1. The van der Waals surface area contributed by atoms with E-state index in [4.69, 9.17) is 4.74 Å². The minimum atomic E-state index is -1.15. The lowest BCUT2D eigenvalue weighted by atomic mass is 9.96. The quantitative estimate of drug-likeness (QED) is 0.535. The van der Waals surface area contributed by atoms with Gasteiger partial charge in [0.2, 0.25) is 23.9 Å². The highest BCUT2D eigenvalue weighted by Crippen LogP contribution is 2.33. The number of β-lactam (4-membered cyclic amide) rings is 1. The van der Waals surface area contributed by atoms with Crippen molar-refractivity contribution in [3.05, 3.63) is 71.5 Å². The lowest BCUT2D eigenvalue weighted by Crippen LogP contribution is -2.71. The first kappa shape index (κ1) is 21.5. The average Bonchev–Trinajstić information content (AvgIpc) is 3.15. The van der Waals surface area contributed by atoms with Crippen molar-refractivity contribution in [3.8, 4) is 0 Å². The van der Waals surface area contributed by atoms with Crippen LogP contribution in [0.4, 0.5) is 4.39 Å². The van der Waals surface area contributed by atoms with E-state index in [0.29, 0.717) is 5.56 Å². The second-order valence-corrected chi connectivity index (χ2v) is 7.80. The third-order valence-electron chi connectivity index (χ3n) is 5.64. The van der Waals surface area contributed by atoms with E-state index in [-0.39, 0.29) is 25.5 Å². The highest BCUT2D eigenvalue weighted by molar-refractivity contribution is 5.99. The summed E-state index contributed by atoms with van der Waals surface area (Å²) in [5, 5.41) is 2.66. The highest BCUT2D eigenvalue weighted by atomic mass is 19.1. The van der Waals surface area contributed by atoms with Crippen LogP contribution in [0.1, 0.15) is 18.1 Å². The first-order valence-electron chi connectivity index (χ1n) is 10.2. The molecular weight excluding hydrogens is 417 g/mol. The average molecular weight is 439 g/mol. The molecule has 2 aliphatic rings. The van der Waals surface area contributed by atoms with Crippen LogP contribution in [0, 0.1) is 5.82 Å². The Labute approximate surface area is 183 Å². The minimum absolute atomic E-state index is 0.0181. The van der Waals surface area contributed by atoms with Crippen LogP contribution in [-0.4, -0.2) is 58.3 Å². The smallest absolute Gasteiger partial charge is 0.350 e. The van der Waals surface area contributed by atoms with Crippen molar-refractivity contribution in [2.24, 2.45) is 0 Å². The van der Waals surface area contributed by atoms with Gasteiger partial charge in [-0.25, -0.2) is 9.18 Å². The normalized spacial score (nSPS) is 21.6. The number of amides is 3. The number of carbonyl (C=O) groups is 4. The second-order valence-electron chi connectivity index (χ2n) is 7.80. The Kier molecular flexibility index (Phi) is 5.89. The topological polar surface area (TPSA) is 96.0 Å². The van der Waals surface area contributed by atoms with Gasteiger partial charge in [-0.05, 0) is 23.3 Å². The zero-order valence-electron chi connectivity index (χ0n) is 17.4. The molecule has 0 aliphatic carbocycles. The zero-order valence-corrected chi connectivity index (χ0v) is 17.4. The van der Waals surface area contributed by atoms with Gasteiger partial charge in [-0.15, -0.1) is 0 Å². The summed E-state index contributed by atoms with van der Waals surface area (Å²) < 4.78 is 18.4. The van der Waals surface area contributed by atoms with Crippen LogP contribution in [-0.2, 0) is 36.9 Å². The van der Waals surface area contributed by atoms with Gasteiger partial charge < -0.3 is 19.9 Å². The van der Waals surface area contributed by atoms with Gasteiger partial charge in [0.15, 0.2) is 0 Å². The predicted molar refractivity (Wildman–Crippen MR) is 110 cm³/mol. The van der Waals surface area contributed by atoms with Crippen molar-refractivity contribution in [1.82, 2.24) is 15.1 Å². The third-order valence-corrected chi connectivity index (χ3v) is 5.64.